The number of aromatic nitrogens is 2. The fourth-order valence-electron chi connectivity index (χ4n) is 3.19. The second kappa shape index (κ2) is 10.9. The van der Waals surface area contributed by atoms with E-state index < -0.39 is 20.0 Å². The number of benzene rings is 2. The van der Waals surface area contributed by atoms with Crippen molar-refractivity contribution in [3.63, 3.8) is 0 Å². The molecule has 2 aromatic carbocycles. The van der Waals surface area contributed by atoms with E-state index in [0.717, 1.165) is 16.8 Å². The zero-order valence-corrected chi connectivity index (χ0v) is 21.6. The first-order chi connectivity index (χ1) is 16.9. The number of azo groups is 1. The molecule has 194 valence electrons. The zero-order chi connectivity index (χ0) is 26.7. The Hall–Kier alpha value is -3.02. The van der Waals surface area contributed by atoms with Crippen LogP contribution in [0.5, 0.6) is 11.6 Å². The Balaban J connectivity index is 1.94. The molecule has 3 rings (SSSR count). The van der Waals surface area contributed by atoms with Gasteiger partial charge in [0.1, 0.15) is 11.4 Å². The third kappa shape index (κ3) is 6.03. The van der Waals surface area contributed by atoms with Crippen molar-refractivity contribution in [2.45, 2.75) is 23.6 Å². The Labute approximate surface area is 211 Å². The number of methoxy groups -OCH3 is 1. The van der Waals surface area contributed by atoms with Crippen LogP contribution in [0.4, 0.5) is 11.4 Å². The normalized spacial score (nSPS) is 12.4. The summed E-state index contributed by atoms with van der Waals surface area (Å²) in [5.41, 5.74) is 1.18. The van der Waals surface area contributed by atoms with Crippen LogP contribution in [-0.4, -0.2) is 60.3 Å². The van der Waals surface area contributed by atoms with Crippen LogP contribution in [0.2, 0.25) is 0 Å². The molecule has 0 aliphatic heterocycles. The molecule has 0 bridgehead atoms. The molecule has 1 heterocycles. The van der Waals surface area contributed by atoms with Crippen molar-refractivity contribution < 1.29 is 40.0 Å². The quantitative estimate of drug-likeness (QED) is 0.142. The summed E-state index contributed by atoms with van der Waals surface area (Å²) in [6, 6.07) is 7.75. The molecule has 3 N–H and O–H groups in total. The van der Waals surface area contributed by atoms with Gasteiger partial charge in [0.15, 0.2) is 27.8 Å². The molecule has 0 fully saturated rings. The van der Waals surface area contributed by atoms with Gasteiger partial charge < -0.3 is 14.4 Å². The Bertz CT molecular complexity index is 1500. The van der Waals surface area contributed by atoms with Gasteiger partial charge >= 0.3 is 0 Å². The minimum absolute atomic E-state index is 0.00466. The number of sulfone groups is 1. The summed E-state index contributed by atoms with van der Waals surface area (Å²) in [5, 5.41) is 23.0. The van der Waals surface area contributed by atoms with E-state index >= 15 is 0 Å². The van der Waals surface area contributed by atoms with Gasteiger partial charge in [0.2, 0.25) is 5.88 Å². The topological polar surface area (TPSA) is 190 Å². The number of aromatic hydroxyl groups is 1. The minimum atomic E-state index is -4.38. The highest BCUT2D eigenvalue weighted by Gasteiger charge is 2.21. The molecule has 0 aliphatic rings. The molecule has 3 aromatic rings. The van der Waals surface area contributed by atoms with Crippen LogP contribution >= 0.6 is 12.3 Å². The molecule has 0 radical (unpaired) electrons. The Kier molecular flexibility index (Phi) is 8.37. The standard InChI is InChI=1S/C20H22N4O9S3/c1-12-10-16(17(32-3)11-18(12)35(27,28)9-8-33-34-26)21-22-19-13(2)23-24(20(19)25)14-4-6-15(7-5-14)36(29,30)31/h4-7,10-11,25-26H,8-9H2,1-3H3,(H,29,30,31)/b22-21+. The van der Waals surface area contributed by atoms with Gasteiger partial charge in [0.25, 0.3) is 10.1 Å². The maximum Gasteiger partial charge on any atom is 0.294 e. The average molecular weight is 559 g/mol. The summed E-state index contributed by atoms with van der Waals surface area (Å²) in [5.74, 6) is -0.624. The second-order valence-corrected chi connectivity index (χ2v) is 11.2. The largest absolute Gasteiger partial charge is 0.494 e. The lowest BCUT2D eigenvalue weighted by atomic mass is 10.2. The first-order valence-electron chi connectivity index (χ1n) is 10.0. The number of rotatable bonds is 10. The summed E-state index contributed by atoms with van der Waals surface area (Å²) < 4.78 is 76.5. The van der Waals surface area contributed by atoms with Crippen LogP contribution in [0.25, 0.3) is 5.69 Å². The Morgan fingerprint density at radius 1 is 1.08 bits per heavy atom. The molecule has 0 saturated carbocycles. The molecule has 0 atom stereocenters. The molecule has 13 nitrogen and oxygen atoms in total. The minimum Gasteiger partial charge on any atom is -0.494 e. The van der Waals surface area contributed by atoms with Gasteiger partial charge in [-0.1, -0.05) is 0 Å². The summed E-state index contributed by atoms with van der Waals surface area (Å²) in [6.07, 6.45) is 0. The lowest BCUT2D eigenvalue weighted by molar-refractivity contribution is 0.367. The number of nitrogens with zero attached hydrogens (tertiary/aromatic N) is 4. The smallest absolute Gasteiger partial charge is 0.294 e. The zero-order valence-electron chi connectivity index (χ0n) is 19.2. The van der Waals surface area contributed by atoms with Gasteiger partial charge in [0.05, 0.1) is 40.6 Å². The molecule has 0 saturated heterocycles. The molecule has 0 unspecified atom stereocenters. The van der Waals surface area contributed by atoms with Crippen molar-refractivity contribution in [1.29, 1.82) is 0 Å². The summed E-state index contributed by atoms with van der Waals surface area (Å²) in [4.78, 5) is -0.313. The predicted molar refractivity (Wildman–Crippen MR) is 130 cm³/mol. The second-order valence-electron chi connectivity index (χ2n) is 7.34. The van der Waals surface area contributed by atoms with Gasteiger partial charge in [-0.25, -0.2) is 8.42 Å². The van der Waals surface area contributed by atoms with Crippen LogP contribution in [0.15, 0.2) is 56.4 Å². The fourth-order valence-corrected chi connectivity index (χ4v) is 5.29. The van der Waals surface area contributed by atoms with Crippen LogP contribution < -0.4 is 4.74 Å². The molecule has 1 aromatic heterocycles. The number of ether oxygens (including phenoxy) is 1. The summed E-state index contributed by atoms with van der Waals surface area (Å²) in [6.45, 7) is 2.93. The highest BCUT2D eigenvalue weighted by Crippen LogP contribution is 2.37. The first kappa shape index (κ1) is 27.6. The van der Waals surface area contributed by atoms with Crippen molar-refractivity contribution in [3.8, 4) is 17.3 Å². The van der Waals surface area contributed by atoms with E-state index in [0.29, 0.717) is 16.9 Å². The van der Waals surface area contributed by atoms with Crippen molar-refractivity contribution >= 4 is 43.7 Å². The van der Waals surface area contributed by atoms with E-state index in [-0.39, 0.29) is 57.5 Å². The van der Waals surface area contributed by atoms with Crippen molar-refractivity contribution in [3.05, 3.63) is 47.7 Å². The van der Waals surface area contributed by atoms with Gasteiger partial charge in [-0.15, -0.1) is 10.2 Å². The SMILES string of the molecule is COc1cc(S(=O)(=O)CCOSO)c(C)cc1/N=N/c1c(C)nn(-c2ccc(S(=O)(=O)O)cc2)c1O. The van der Waals surface area contributed by atoms with E-state index in [4.69, 9.17) is 13.8 Å². The van der Waals surface area contributed by atoms with Crippen molar-refractivity contribution in [2.24, 2.45) is 10.2 Å². The van der Waals surface area contributed by atoms with E-state index in [1.54, 1.807) is 13.8 Å². The van der Waals surface area contributed by atoms with E-state index in [1.807, 2.05) is 0 Å². The fraction of sp³-hybridized carbons (Fsp3) is 0.250. The average Bonchev–Trinajstić information content (AvgIpc) is 3.10. The molecule has 0 spiro atoms. The van der Waals surface area contributed by atoms with Crippen molar-refractivity contribution in [2.75, 3.05) is 19.5 Å². The van der Waals surface area contributed by atoms with E-state index in [9.17, 15) is 21.9 Å². The van der Waals surface area contributed by atoms with Gasteiger partial charge in [-0.2, -0.15) is 18.2 Å². The maximum atomic E-state index is 12.6. The molecule has 36 heavy (non-hydrogen) atoms. The lowest BCUT2D eigenvalue weighted by Gasteiger charge is -2.11. The van der Waals surface area contributed by atoms with Crippen LogP contribution in [0, 0.1) is 13.8 Å². The summed E-state index contributed by atoms with van der Waals surface area (Å²) in [7, 11) is -6.78. The molecule has 0 aliphatic carbocycles. The van der Waals surface area contributed by atoms with Gasteiger partial charge in [-0.3, -0.25) is 8.74 Å². The molecule has 0 amide bonds. The van der Waals surface area contributed by atoms with E-state index in [1.165, 1.54) is 31.4 Å². The third-order valence-corrected chi connectivity index (χ3v) is 7.90. The lowest BCUT2D eigenvalue weighted by Crippen LogP contribution is -2.12. The van der Waals surface area contributed by atoms with Crippen LogP contribution in [-0.2, 0) is 24.1 Å². The van der Waals surface area contributed by atoms with Crippen molar-refractivity contribution in [1.82, 2.24) is 9.78 Å². The van der Waals surface area contributed by atoms with Crippen LogP contribution in [0.3, 0.4) is 0 Å². The third-order valence-electron chi connectivity index (χ3n) is 4.94. The Morgan fingerprint density at radius 2 is 1.75 bits per heavy atom. The van der Waals surface area contributed by atoms with Gasteiger partial charge in [0, 0.05) is 6.07 Å². The monoisotopic (exact) mass is 558 g/mol. The maximum absolute atomic E-state index is 12.6. The number of hydrogen-bond donors (Lipinski definition) is 3. The molecular formula is C20H22N4O9S3. The Morgan fingerprint density at radius 3 is 2.33 bits per heavy atom. The van der Waals surface area contributed by atoms with Crippen LogP contribution in [0.1, 0.15) is 11.3 Å². The summed E-state index contributed by atoms with van der Waals surface area (Å²) >= 11 is 0.0823. The highest BCUT2D eigenvalue weighted by molar-refractivity contribution is 7.91. The highest BCUT2D eigenvalue weighted by atomic mass is 32.2. The first-order valence-corrected chi connectivity index (χ1v) is 13.8. The number of aryl methyl sites for hydroxylation is 2. The molecule has 16 heteroatoms. The molecular weight excluding hydrogens is 536 g/mol. The van der Waals surface area contributed by atoms with Gasteiger partial charge in [-0.05, 0) is 49.7 Å². The number of hydrogen-bond acceptors (Lipinski definition) is 12. The predicted octanol–water partition coefficient (Wildman–Crippen LogP) is 3.78. The van der Waals surface area contributed by atoms with E-state index in [2.05, 4.69) is 19.5 Å².